The molecule has 1 saturated heterocycles. The summed E-state index contributed by atoms with van der Waals surface area (Å²) in [7, 11) is 0. The summed E-state index contributed by atoms with van der Waals surface area (Å²) < 4.78 is 0. The van der Waals surface area contributed by atoms with Gasteiger partial charge >= 0.3 is 0 Å². The Balaban J connectivity index is 1.74. The Kier molecular flexibility index (Phi) is 3.06. The number of fused-ring (bicyclic) bond motifs is 1. The fourth-order valence-corrected chi connectivity index (χ4v) is 3.35. The summed E-state index contributed by atoms with van der Waals surface area (Å²) in [6.45, 7) is 1.94. The van der Waals surface area contributed by atoms with Gasteiger partial charge in [-0.2, -0.15) is 0 Å². The number of amidine groups is 1. The molecule has 1 aromatic carbocycles. The third-order valence-corrected chi connectivity index (χ3v) is 4.46. The third-order valence-electron chi connectivity index (χ3n) is 4.46. The highest BCUT2D eigenvalue weighted by Gasteiger charge is 2.41. The Morgan fingerprint density at radius 1 is 1.21 bits per heavy atom. The first-order valence-corrected chi connectivity index (χ1v) is 6.70. The lowest BCUT2D eigenvalue weighted by atomic mass is 10.00. The van der Waals surface area contributed by atoms with Gasteiger partial charge in [0.1, 0.15) is 0 Å². The molecule has 2 aliphatic rings. The highest BCUT2D eigenvalue weighted by Crippen LogP contribution is 2.39. The molecule has 4 N–H and O–H groups in total. The van der Waals surface area contributed by atoms with E-state index in [0.717, 1.165) is 31.6 Å². The van der Waals surface area contributed by atoms with Crippen molar-refractivity contribution in [2.75, 3.05) is 18.0 Å². The van der Waals surface area contributed by atoms with E-state index in [9.17, 15) is 5.11 Å². The van der Waals surface area contributed by atoms with Crippen LogP contribution in [0.15, 0.2) is 29.4 Å². The Hall–Kier alpha value is -1.75. The Morgan fingerprint density at radius 3 is 2.58 bits per heavy atom. The van der Waals surface area contributed by atoms with Crippen molar-refractivity contribution in [2.45, 2.75) is 18.9 Å². The van der Waals surface area contributed by atoms with Crippen LogP contribution in [0.2, 0.25) is 0 Å². The monoisotopic (exact) mass is 261 g/mol. The lowest BCUT2D eigenvalue weighted by molar-refractivity contribution is 0.133. The second kappa shape index (κ2) is 4.74. The number of oxime groups is 1. The first kappa shape index (κ1) is 12.3. The Labute approximate surface area is 112 Å². The summed E-state index contributed by atoms with van der Waals surface area (Å²) in [5.41, 5.74) is 7.39. The molecule has 0 bridgehead atoms. The number of aliphatic hydroxyl groups is 1. The molecule has 1 aliphatic heterocycles. The van der Waals surface area contributed by atoms with Crippen molar-refractivity contribution in [2.24, 2.45) is 22.7 Å². The van der Waals surface area contributed by atoms with E-state index in [-0.39, 0.29) is 11.9 Å². The molecule has 5 nitrogen and oxygen atoms in total. The van der Waals surface area contributed by atoms with Crippen LogP contribution in [0.3, 0.4) is 0 Å². The van der Waals surface area contributed by atoms with Crippen molar-refractivity contribution in [1.82, 2.24) is 0 Å². The zero-order valence-electron chi connectivity index (χ0n) is 10.7. The highest BCUT2D eigenvalue weighted by molar-refractivity contribution is 5.97. The number of aliphatic hydroxyl groups excluding tert-OH is 1. The minimum absolute atomic E-state index is 0.125. The molecule has 0 aromatic heterocycles. The molecule has 5 heteroatoms. The lowest BCUT2D eigenvalue weighted by Gasteiger charge is -2.20. The van der Waals surface area contributed by atoms with E-state index in [1.807, 2.05) is 24.3 Å². The van der Waals surface area contributed by atoms with E-state index < -0.39 is 0 Å². The number of rotatable bonds is 2. The SMILES string of the molecule is N/C(=N/O)c1ccc(N2CC3CCC(O)C3C2)cc1. The summed E-state index contributed by atoms with van der Waals surface area (Å²) in [5.74, 6) is 1.17. The molecule has 0 amide bonds. The van der Waals surface area contributed by atoms with Gasteiger partial charge in [0, 0.05) is 30.3 Å². The maximum atomic E-state index is 9.93. The third kappa shape index (κ3) is 2.14. The van der Waals surface area contributed by atoms with Gasteiger partial charge in [-0.1, -0.05) is 5.16 Å². The normalized spacial score (nSPS) is 30.7. The second-order valence-corrected chi connectivity index (χ2v) is 5.51. The number of hydrogen-bond acceptors (Lipinski definition) is 4. The lowest BCUT2D eigenvalue weighted by Crippen LogP contribution is -2.24. The van der Waals surface area contributed by atoms with Crippen LogP contribution in [0.1, 0.15) is 18.4 Å². The Morgan fingerprint density at radius 2 is 1.95 bits per heavy atom. The molecule has 19 heavy (non-hydrogen) atoms. The average molecular weight is 261 g/mol. The fourth-order valence-electron chi connectivity index (χ4n) is 3.35. The molecule has 3 unspecified atom stereocenters. The van der Waals surface area contributed by atoms with Crippen LogP contribution in [0.5, 0.6) is 0 Å². The van der Waals surface area contributed by atoms with Gasteiger partial charge in [0.15, 0.2) is 5.84 Å². The van der Waals surface area contributed by atoms with E-state index in [1.54, 1.807) is 0 Å². The number of anilines is 1. The van der Waals surface area contributed by atoms with Crippen molar-refractivity contribution in [3.8, 4) is 0 Å². The highest BCUT2D eigenvalue weighted by atomic mass is 16.4. The van der Waals surface area contributed by atoms with Gasteiger partial charge in [0.05, 0.1) is 6.10 Å². The maximum absolute atomic E-state index is 9.93. The molecule has 1 aliphatic carbocycles. The topological polar surface area (TPSA) is 82.1 Å². The molecule has 1 heterocycles. The zero-order valence-corrected chi connectivity index (χ0v) is 10.7. The van der Waals surface area contributed by atoms with E-state index in [4.69, 9.17) is 10.9 Å². The molecule has 3 rings (SSSR count). The van der Waals surface area contributed by atoms with Gasteiger partial charge in [-0.05, 0) is 43.0 Å². The maximum Gasteiger partial charge on any atom is 0.170 e. The smallest absolute Gasteiger partial charge is 0.170 e. The van der Waals surface area contributed by atoms with E-state index in [1.165, 1.54) is 0 Å². The van der Waals surface area contributed by atoms with Gasteiger partial charge in [-0.25, -0.2) is 0 Å². The summed E-state index contributed by atoms with van der Waals surface area (Å²) in [4.78, 5) is 2.31. The standard InChI is InChI=1S/C14H19N3O2/c15-14(16-19)9-1-4-11(5-2-9)17-7-10-3-6-13(18)12(10)8-17/h1-2,4-5,10,12-13,18-19H,3,6-8H2,(H2,15,16). The molecule has 1 aromatic rings. The largest absolute Gasteiger partial charge is 0.409 e. The number of hydrogen-bond donors (Lipinski definition) is 3. The summed E-state index contributed by atoms with van der Waals surface area (Å²) in [5, 5.41) is 21.5. The average Bonchev–Trinajstić information content (AvgIpc) is 3.01. The van der Waals surface area contributed by atoms with Crippen molar-refractivity contribution >= 4 is 11.5 Å². The summed E-state index contributed by atoms with van der Waals surface area (Å²) in [6.07, 6.45) is 1.95. The van der Waals surface area contributed by atoms with Gasteiger partial charge in [-0.3, -0.25) is 0 Å². The van der Waals surface area contributed by atoms with Crippen molar-refractivity contribution in [3.63, 3.8) is 0 Å². The molecule has 0 radical (unpaired) electrons. The number of nitrogens with two attached hydrogens (primary N) is 1. The van der Waals surface area contributed by atoms with Crippen LogP contribution < -0.4 is 10.6 Å². The van der Waals surface area contributed by atoms with Crippen molar-refractivity contribution in [1.29, 1.82) is 0 Å². The summed E-state index contributed by atoms with van der Waals surface area (Å²) in [6, 6.07) is 7.69. The minimum Gasteiger partial charge on any atom is -0.409 e. The molecular formula is C14H19N3O2. The fraction of sp³-hybridized carbons (Fsp3) is 0.500. The molecule has 1 saturated carbocycles. The summed E-state index contributed by atoms with van der Waals surface area (Å²) >= 11 is 0. The number of nitrogens with zero attached hydrogens (tertiary/aromatic N) is 2. The van der Waals surface area contributed by atoms with E-state index in [0.29, 0.717) is 17.4 Å². The molecule has 2 fully saturated rings. The molecule has 102 valence electrons. The second-order valence-electron chi connectivity index (χ2n) is 5.51. The van der Waals surface area contributed by atoms with Crippen LogP contribution >= 0.6 is 0 Å². The van der Waals surface area contributed by atoms with Crippen LogP contribution in [0.25, 0.3) is 0 Å². The first-order valence-electron chi connectivity index (χ1n) is 6.70. The van der Waals surface area contributed by atoms with Crippen LogP contribution in [-0.2, 0) is 0 Å². The van der Waals surface area contributed by atoms with Gasteiger partial charge in [0.25, 0.3) is 0 Å². The predicted molar refractivity (Wildman–Crippen MR) is 73.4 cm³/mol. The van der Waals surface area contributed by atoms with E-state index >= 15 is 0 Å². The van der Waals surface area contributed by atoms with Crippen LogP contribution in [0, 0.1) is 11.8 Å². The van der Waals surface area contributed by atoms with Gasteiger partial charge in [-0.15, -0.1) is 0 Å². The minimum atomic E-state index is -0.133. The van der Waals surface area contributed by atoms with Crippen molar-refractivity contribution in [3.05, 3.63) is 29.8 Å². The quantitative estimate of drug-likeness (QED) is 0.321. The molecule has 0 spiro atoms. The Bertz CT molecular complexity index is 486. The first-order chi connectivity index (χ1) is 9.19. The zero-order chi connectivity index (χ0) is 13.4. The van der Waals surface area contributed by atoms with Crippen LogP contribution in [-0.4, -0.2) is 35.3 Å². The van der Waals surface area contributed by atoms with Crippen molar-refractivity contribution < 1.29 is 10.3 Å². The number of benzene rings is 1. The van der Waals surface area contributed by atoms with Gasteiger partial charge < -0.3 is 20.9 Å². The predicted octanol–water partition coefficient (Wildman–Crippen LogP) is 0.988. The van der Waals surface area contributed by atoms with Gasteiger partial charge in [0.2, 0.25) is 0 Å². The molecule has 3 atom stereocenters. The van der Waals surface area contributed by atoms with Crippen LogP contribution in [0.4, 0.5) is 5.69 Å². The van der Waals surface area contributed by atoms with E-state index in [2.05, 4.69) is 10.1 Å². The molecular weight excluding hydrogens is 242 g/mol.